The van der Waals surface area contributed by atoms with Crippen molar-refractivity contribution in [1.29, 1.82) is 0 Å². The first-order valence-corrected chi connectivity index (χ1v) is 8.06. The molecule has 0 bridgehead atoms. The van der Waals surface area contributed by atoms with Crippen LogP contribution in [0.3, 0.4) is 0 Å². The Morgan fingerprint density at radius 2 is 1.73 bits per heavy atom. The van der Waals surface area contributed by atoms with Gasteiger partial charge in [0.1, 0.15) is 6.54 Å². The monoisotopic (exact) mass is 350 g/mol. The van der Waals surface area contributed by atoms with Gasteiger partial charge >= 0.3 is 5.97 Å². The van der Waals surface area contributed by atoms with E-state index in [9.17, 15) is 14.4 Å². The van der Waals surface area contributed by atoms with Crippen LogP contribution in [0, 0.1) is 0 Å². The lowest BCUT2D eigenvalue weighted by Crippen LogP contribution is -2.18. The number of methoxy groups -OCH3 is 1. The van der Waals surface area contributed by atoms with Gasteiger partial charge in [0.15, 0.2) is 5.78 Å². The molecule has 132 valence electrons. The average molecular weight is 350 g/mol. The number of ketones is 1. The van der Waals surface area contributed by atoms with Crippen LogP contribution in [0.1, 0.15) is 27.6 Å². The van der Waals surface area contributed by atoms with Crippen LogP contribution in [-0.4, -0.2) is 29.3 Å². The molecule has 1 N–H and O–H groups in total. The topological polar surface area (TPSA) is 77.4 Å². The van der Waals surface area contributed by atoms with Crippen LogP contribution in [0.15, 0.2) is 54.7 Å². The maximum absolute atomic E-state index is 12.4. The van der Waals surface area contributed by atoms with Gasteiger partial charge in [0.05, 0.1) is 12.7 Å². The number of Topliss-reactive ketones (excluding diaryl/α,β-unsaturated/α-hetero) is 1. The zero-order chi connectivity index (χ0) is 18.7. The number of nitrogens with one attached hydrogen (secondary N) is 1. The number of rotatable bonds is 5. The Morgan fingerprint density at radius 1 is 1.04 bits per heavy atom. The quantitative estimate of drug-likeness (QED) is 0.566. The summed E-state index contributed by atoms with van der Waals surface area (Å²) in [7, 11) is 1.31. The first kappa shape index (κ1) is 17.4. The minimum atomic E-state index is -0.432. The summed E-state index contributed by atoms with van der Waals surface area (Å²) in [6.07, 6.45) is 1.70. The van der Waals surface area contributed by atoms with Gasteiger partial charge in [-0.05, 0) is 37.3 Å². The standard InChI is InChI=1S/C20H18N2O4/c1-13(23)17-11-22(18-6-4-3-5-16(17)18)12-19(24)21-15-9-7-14(8-10-15)20(25)26-2/h3-11H,12H2,1-2H3,(H,21,24). The van der Waals surface area contributed by atoms with Crippen LogP contribution in [0.25, 0.3) is 10.9 Å². The molecule has 0 spiro atoms. The van der Waals surface area contributed by atoms with Crippen LogP contribution in [-0.2, 0) is 16.1 Å². The molecule has 1 aromatic heterocycles. The molecule has 3 rings (SSSR count). The molecule has 2 aromatic carbocycles. The smallest absolute Gasteiger partial charge is 0.337 e. The highest BCUT2D eigenvalue weighted by molar-refractivity contribution is 6.07. The molecule has 3 aromatic rings. The predicted octanol–water partition coefficient (Wildman–Crippen LogP) is 3.27. The summed E-state index contributed by atoms with van der Waals surface area (Å²) in [6, 6.07) is 13.9. The predicted molar refractivity (Wildman–Crippen MR) is 98.4 cm³/mol. The van der Waals surface area contributed by atoms with Crippen molar-refractivity contribution in [3.8, 4) is 0 Å². The molecule has 0 radical (unpaired) electrons. The van der Waals surface area contributed by atoms with Crippen LogP contribution < -0.4 is 5.32 Å². The van der Waals surface area contributed by atoms with Crippen molar-refractivity contribution in [3.05, 3.63) is 65.9 Å². The van der Waals surface area contributed by atoms with Crippen LogP contribution >= 0.6 is 0 Å². The normalized spacial score (nSPS) is 10.5. The Bertz CT molecular complexity index is 987. The van der Waals surface area contributed by atoms with Gasteiger partial charge in [-0.25, -0.2) is 4.79 Å². The van der Waals surface area contributed by atoms with Crippen molar-refractivity contribution in [3.63, 3.8) is 0 Å². The molecule has 0 atom stereocenters. The van der Waals surface area contributed by atoms with E-state index >= 15 is 0 Å². The summed E-state index contributed by atoms with van der Waals surface area (Å²) >= 11 is 0. The molecule has 0 unspecified atom stereocenters. The molecule has 6 nitrogen and oxygen atoms in total. The third kappa shape index (κ3) is 3.49. The van der Waals surface area contributed by atoms with E-state index in [0.29, 0.717) is 16.8 Å². The summed E-state index contributed by atoms with van der Waals surface area (Å²) in [5.41, 5.74) is 2.41. The Kier molecular flexibility index (Phi) is 4.84. The second kappa shape index (κ2) is 7.23. The lowest BCUT2D eigenvalue weighted by Gasteiger charge is -2.08. The molecular weight excluding hydrogens is 332 g/mol. The third-order valence-electron chi connectivity index (χ3n) is 4.07. The Hall–Kier alpha value is -3.41. The summed E-state index contributed by atoms with van der Waals surface area (Å²) in [5.74, 6) is -0.705. The van der Waals surface area contributed by atoms with Crippen molar-refractivity contribution in [2.75, 3.05) is 12.4 Å². The van der Waals surface area contributed by atoms with E-state index in [2.05, 4.69) is 10.1 Å². The number of hydrogen-bond acceptors (Lipinski definition) is 4. The first-order valence-electron chi connectivity index (χ1n) is 8.06. The SMILES string of the molecule is COC(=O)c1ccc(NC(=O)Cn2cc(C(C)=O)c3ccccc32)cc1. The average Bonchev–Trinajstić information content (AvgIpc) is 3.00. The van der Waals surface area contributed by atoms with Crippen molar-refractivity contribution >= 4 is 34.3 Å². The highest BCUT2D eigenvalue weighted by Crippen LogP contribution is 2.22. The van der Waals surface area contributed by atoms with E-state index in [1.165, 1.54) is 14.0 Å². The Balaban J connectivity index is 1.77. The van der Waals surface area contributed by atoms with Gasteiger partial charge in [-0.15, -0.1) is 0 Å². The number of carbonyl (C=O) groups is 3. The fourth-order valence-electron chi connectivity index (χ4n) is 2.82. The largest absolute Gasteiger partial charge is 0.465 e. The van der Waals surface area contributed by atoms with Gasteiger partial charge in [-0.3, -0.25) is 9.59 Å². The Morgan fingerprint density at radius 3 is 2.38 bits per heavy atom. The first-order chi connectivity index (χ1) is 12.5. The molecule has 1 heterocycles. The highest BCUT2D eigenvalue weighted by Gasteiger charge is 2.14. The van der Waals surface area contributed by atoms with Crippen molar-refractivity contribution in [2.24, 2.45) is 0 Å². The third-order valence-corrected chi connectivity index (χ3v) is 4.07. The summed E-state index contributed by atoms with van der Waals surface area (Å²) in [6.45, 7) is 1.58. The number of anilines is 1. The van der Waals surface area contributed by atoms with E-state index in [0.717, 1.165) is 10.9 Å². The van der Waals surface area contributed by atoms with Crippen molar-refractivity contribution < 1.29 is 19.1 Å². The summed E-state index contributed by atoms with van der Waals surface area (Å²) < 4.78 is 6.40. The summed E-state index contributed by atoms with van der Waals surface area (Å²) in [5, 5.41) is 3.61. The van der Waals surface area contributed by atoms with E-state index < -0.39 is 5.97 Å². The lowest BCUT2D eigenvalue weighted by atomic mass is 10.1. The summed E-state index contributed by atoms with van der Waals surface area (Å²) in [4.78, 5) is 35.6. The number of benzene rings is 2. The number of fused-ring (bicyclic) bond motifs is 1. The van der Waals surface area contributed by atoms with Crippen LogP contribution in [0.4, 0.5) is 5.69 Å². The molecule has 0 saturated heterocycles. The maximum Gasteiger partial charge on any atom is 0.337 e. The van der Waals surface area contributed by atoms with Gasteiger partial charge in [0.25, 0.3) is 0 Å². The highest BCUT2D eigenvalue weighted by atomic mass is 16.5. The van der Waals surface area contributed by atoms with Gasteiger partial charge in [-0.1, -0.05) is 18.2 Å². The zero-order valence-corrected chi connectivity index (χ0v) is 14.5. The Labute approximate surface area is 150 Å². The zero-order valence-electron chi connectivity index (χ0n) is 14.5. The molecule has 0 fully saturated rings. The van der Waals surface area contributed by atoms with E-state index in [1.54, 1.807) is 35.0 Å². The van der Waals surface area contributed by atoms with Crippen molar-refractivity contribution in [2.45, 2.75) is 13.5 Å². The number of hydrogen-bond donors (Lipinski definition) is 1. The van der Waals surface area contributed by atoms with Gasteiger partial charge in [0, 0.05) is 28.4 Å². The molecule has 1 amide bonds. The minimum absolute atomic E-state index is 0.0428. The maximum atomic E-state index is 12.4. The van der Waals surface area contributed by atoms with E-state index in [1.807, 2.05) is 24.3 Å². The number of aromatic nitrogens is 1. The van der Waals surface area contributed by atoms with Gasteiger partial charge < -0.3 is 14.6 Å². The molecule has 26 heavy (non-hydrogen) atoms. The van der Waals surface area contributed by atoms with E-state index in [4.69, 9.17) is 0 Å². The molecular formula is C20H18N2O4. The molecule has 0 aliphatic rings. The lowest BCUT2D eigenvalue weighted by molar-refractivity contribution is -0.116. The molecule has 0 aliphatic carbocycles. The number of nitrogens with zero attached hydrogens (tertiary/aromatic N) is 1. The number of amides is 1. The van der Waals surface area contributed by atoms with Crippen LogP contribution in [0.5, 0.6) is 0 Å². The fraction of sp³-hybridized carbons (Fsp3) is 0.150. The van der Waals surface area contributed by atoms with Crippen LogP contribution in [0.2, 0.25) is 0 Å². The number of ether oxygens (including phenoxy) is 1. The number of esters is 1. The van der Waals surface area contributed by atoms with Gasteiger partial charge in [0.2, 0.25) is 5.91 Å². The van der Waals surface area contributed by atoms with E-state index in [-0.39, 0.29) is 18.2 Å². The molecule has 6 heteroatoms. The van der Waals surface area contributed by atoms with Gasteiger partial charge in [-0.2, -0.15) is 0 Å². The van der Waals surface area contributed by atoms with Crippen molar-refractivity contribution in [1.82, 2.24) is 4.57 Å². The number of para-hydroxylation sites is 1. The second-order valence-electron chi connectivity index (χ2n) is 5.86. The molecule has 0 aliphatic heterocycles. The minimum Gasteiger partial charge on any atom is -0.465 e. The second-order valence-corrected chi connectivity index (χ2v) is 5.86. The molecule has 0 saturated carbocycles. The number of carbonyl (C=O) groups excluding carboxylic acids is 3. The fourth-order valence-corrected chi connectivity index (χ4v) is 2.82.